The Morgan fingerprint density at radius 2 is 2.25 bits per heavy atom. The van der Waals surface area contributed by atoms with Crippen LogP contribution in [0.1, 0.15) is 0 Å². The maximum Gasteiger partial charge on any atom is 0.0819 e. The Bertz CT molecular complexity index is 488. The van der Waals surface area contributed by atoms with E-state index in [1.807, 2.05) is 17.8 Å². The lowest BCUT2D eigenvalue weighted by atomic mass is 10.3. The van der Waals surface area contributed by atoms with Crippen molar-refractivity contribution in [1.82, 2.24) is 9.36 Å². The normalized spacial score (nSPS) is 11.3. The summed E-state index contributed by atoms with van der Waals surface area (Å²) < 4.78 is 6.65. The summed E-state index contributed by atoms with van der Waals surface area (Å²) >= 11 is 3.21. The highest BCUT2D eigenvalue weighted by Crippen LogP contribution is 2.29. The van der Waals surface area contributed by atoms with Crippen molar-refractivity contribution in [3.63, 3.8) is 0 Å². The van der Waals surface area contributed by atoms with Crippen molar-refractivity contribution >= 4 is 43.2 Å². The molecule has 2 heterocycles. The van der Waals surface area contributed by atoms with Crippen molar-refractivity contribution in [3.05, 3.63) is 23.8 Å². The quantitative estimate of drug-likeness (QED) is 0.547. The van der Waals surface area contributed by atoms with Gasteiger partial charge in [0.05, 0.1) is 26.6 Å². The van der Waals surface area contributed by atoms with Gasteiger partial charge < -0.3 is 0 Å². The lowest BCUT2D eigenvalue weighted by Crippen LogP contribution is -1.65. The Hall–Kier alpha value is -1.00. The standard InChI is InChI=1S/C8H4N2S2/c1-2-7-5(3-10-12-7)8-6(1)9-4-11-8/h1-4H. The molecule has 0 radical (unpaired) electrons. The van der Waals surface area contributed by atoms with Crippen LogP contribution in [0, 0.1) is 0 Å². The van der Waals surface area contributed by atoms with Gasteiger partial charge >= 0.3 is 0 Å². The summed E-state index contributed by atoms with van der Waals surface area (Å²) in [6.45, 7) is 0. The van der Waals surface area contributed by atoms with E-state index in [0.717, 1.165) is 5.52 Å². The third-order valence-electron chi connectivity index (χ3n) is 1.83. The smallest absolute Gasteiger partial charge is 0.0819 e. The van der Waals surface area contributed by atoms with Gasteiger partial charge in [0, 0.05) is 5.39 Å². The molecule has 3 rings (SSSR count). The molecular formula is C8H4N2S2. The van der Waals surface area contributed by atoms with E-state index in [-0.39, 0.29) is 0 Å². The highest BCUT2D eigenvalue weighted by atomic mass is 32.1. The molecule has 0 spiro atoms. The maximum atomic E-state index is 4.24. The predicted octanol–water partition coefficient (Wildman–Crippen LogP) is 2.91. The molecule has 0 fully saturated rings. The minimum atomic E-state index is 1.08. The molecule has 0 aliphatic carbocycles. The fourth-order valence-corrected chi connectivity index (χ4v) is 2.79. The largest absolute Gasteiger partial charge is 0.245 e. The molecule has 0 aliphatic rings. The van der Waals surface area contributed by atoms with E-state index >= 15 is 0 Å². The Morgan fingerprint density at radius 1 is 1.25 bits per heavy atom. The van der Waals surface area contributed by atoms with Crippen molar-refractivity contribution < 1.29 is 0 Å². The lowest BCUT2D eigenvalue weighted by molar-refractivity contribution is 1.51. The first-order valence-corrected chi connectivity index (χ1v) is 5.17. The highest BCUT2D eigenvalue weighted by molar-refractivity contribution is 7.19. The van der Waals surface area contributed by atoms with E-state index in [9.17, 15) is 0 Å². The lowest BCUT2D eigenvalue weighted by Gasteiger charge is -1.87. The molecule has 0 bridgehead atoms. The number of nitrogens with zero attached hydrogens (tertiary/aromatic N) is 2. The van der Waals surface area contributed by atoms with Gasteiger partial charge in [0.2, 0.25) is 0 Å². The molecule has 2 aromatic heterocycles. The topological polar surface area (TPSA) is 25.8 Å². The van der Waals surface area contributed by atoms with Crippen molar-refractivity contribution in [2.45, 2.75) is 0 Å². The molecule has 12 heavy (non-hydrogen) atoms. The first kappa shape index (κ1) is 6.51. The van der Waals surface area contributed by atoms with Gasteiger partial charge in [0.15, 0.2) is 0 Å². The van der Waals surface area contributed by atoms with Crippen LogP contribution in [0.5, 0.6) is 0 Å². The van der Waals surface area contributed by atoms with Gasteiger partial charge in [0.1, 0.15) is 0 Å². The second-order valence-corrected chi connectivity index (χ2v) is 4.19. The van der Waals surface area contributed by atoms with Gasteiger partial charge in [0.25, 0.3) is 0 Å². The fraction of sp³-hybridized carbons (Fsp3) is 0. The molecule has 4 heteroatoms. The predicted molar refractivity (Wildman–Crippen MR) is 52.8 cm³/mol. The summed E-state index contributed by atoms with van der Waals surface area (Å²) in [7, 11) is 0. The second-order valence-electron chi connectivity index (χ2n) is 2.50. The minimum Gasteiger partial charge on any atom is -0.245 e. The molecule has 0 N–H and O–H groups in total. The molecule has 0 saturated carbocycles. The van der Waals surface area contributed by atoms with Crippen LogP contribution in [0.3, 0.4) is 0 Å². The first-order valence-electron chi connectivity index (χ1n) is 3.52. The van der Waals surface area contributed by atoms with Crippen LogP contribution in [0.15, 0.2) is 23.8 Å². The highest BCUT2D eigenvalue weighted by Gasteiger charge is 2.03. The summed E-state index contributed by atoms with van der Waals surface area (Å²) in [4.78, 5) is 4.24. The Morgan fingerprint density at radius 3 is 3.25 bits per heavy atom. The molecule has 58 valence electrons. The average Bonchev–Trinajstić information content (AvgIpc) is 2.71. The summed E-state index contributed by atoms with van der Waals surface area (Å²) in [5.74, 6) is 0. The number of hydrogen-bond acceptors (Lipinski definition) is 4. The molecule has 0 unspecified atom stereocenters. The van der Waals surface area contributed by atoms with E-state index in [1.54, 1.807) is 11.3 Å². The van der Waals surface area contributed by atoms with Crippen molar-refractivity contribution in [2.24, 2.45) is 0 Å². The third kappa shape index (κ3) is 0.735. The fourth-order valence-electron chi connectivity index (χ4n) is 1.27. The maximum absolute atomic E-state index is 4.24. The molecule has 3 aromatic rings. The summed E-state index contributed by atoms with van der Waals surface area (Å²) in [6.07, 6.45) is 1.92. The third-order valence-corrected chi connectivity index (χ3v) is 3.47. The molecule has 0 aliphatic heterocycles. The van der Waals surface area contributed by atoms with Crippen molar-refractivity contribution in [1.29, 1.82) is 0 Å². The molecule has 0 atom stereocenters. The van der Waals surface area contributed by atoms with Crippen molar-refractivity contribution in [3.8, 4) is 0 Å². The monoisotopic (exact) mass is 192 g/mol. The van der Waals surface area contributed by atoms with Gasteiger partial charge in [-0.2, -0.15) is 4.37 Å². The number of fused-ring (bicyclic) bond motifs is 3. The average molecular weight is 192 g/mol. The second kappa shape index (κ2) is 2.24. The van der Waals surface area contributed by atoms with E-state index in [4.69, 9.17) is 0 Å². The first-order chi connectivity index (χ1) is 5.95. The Labute approximate surface area is 76.7 Å². The zero-order chi connectivity index (χ0) is 7.97. The molecular weight excluding hydrogens is 188 g/mol. The number of rotatable bonds is 0. The zero-order valence-electron chi connectivity index (χ0n) is 6.02. The van der Waals surface area contributed by atoms with Gasteiger partial charge in [-0.25, -0.2) is 4.98 Å². The zero-order valence-corrected chi connectivity index (χ0v) is 7.65. The Kier molecular flexibility index (Phi) is 1.22. The van der Waals surface area contributed by atoms with Crippen LogP contribution in [-0.4, -0.2) is 9.36 Å². The van der Waals surface area contributed by atoms with Crippen LogP contribution in [0.4, 0.5) is 0 Å². The summed E-state index contributed by atoms with van der Waals surface area (Å²) in [6, 6.07) is 4.13. The molecule has 2 nitrogen and oxygen atoms in total. The molecule has 1 aromatic carbocycles. The van der Waals surface area contributed by atoms with Gasteiger partial charge in [-0.1, -0.05) is 0 Å². The number of hydrogen-bond donors (Lipinski definition) is 0. The summed E-state index contributed by atoms with van der Waals surface area (Å²) in [5, 5.41) is 1.24. The van der Waals surface area contributed by atoms with Crippen LogP contribution in [0.2, 0.25) is 0 Å². The van der Waals surface area contributed by atoms with Crippen molar-refractivity contribution in [2.75, 3.05) is 0 Å². The van der Waals surface area contributed by atoms with Crippen LogP contribution in [0.25, 0.3) is 20.3 Å². The van der Waals surface area contributed by atoms with Gasteiger partial charge in [-0.15, -0.1) is 11.3 Å². The van der Waals surface area contributed by atoms with E-state index in [2.05, 4.69) is 15.4 Å². The van der Waals surface area contributed by atoms with E-state index in [1.165, 1.54) is 26.3 Å². The SMILES string of the molecule is c1nc2ccc3sncc3c2s1. The minimum absolute atomic E-state index is 1.08. The number of benzene rings is 1. The molecule has 0 amide bonds. The van der Waals surface area contributed by atoms with E-state index in [0.29, 0.717) is 0 Å². The van der Waals surface area contributed by atoms with Crippen LogP contribution >= 0.6 is 22.9 Å². The Balaban J connectivity index is 2.71. The van der Waals surface area contributed by atoms with Gasteiger partial charge in [-0.3, -0.25) is 0 Å². The summed E-state index contributed by atoms with van der Waals surface area (Å²) in [5.41, 5.74) is 2.95. The number of aromatic nitrogens is 2. The van der Waals surface area contributed by atoms with Crippen LogP contribution in [-0.2, 0) is 0 Å². The van der Waals surface area contributed by atoms with Gasteiger partial charge in [-0.05, 0) is 23.7 Å². The molecule has 0 saturated heterocycles. The van der Waals surface area contributed by atoms with E-state index < -0.39 is 0 Å². The van der Waals surface area contributed by atoms with Crippen LogP contribution < -0.4 is 0 Å². The number of thiazole rings is 1.